The first-order valence-electron chi connectivity index (χ1n) is 10.5. The number of fused-ring (bicyclic) bond motifs is 1. The van der Waals surface area contributed by atoms with Gasteiger partial charge in [0.2, 0.25) is 5.95 Å². The highest BCUT2D eigenvalue weighted by molar-refractivity contribution is 5.80. The van der Waals surface area contributed by atoms with Crippen LogP contribution in [0.2, 0.25) is 0 Å². The summed E-state index contributed by atoms with van der Waals surface area (Å²) in [5, 5.41) is 3.50. The van der Waals surface area contributed by atoms with Gasteiger partial charge in [0.15, 0.2) is 5.96 Å². The quantitative estimate of drug-likeness (QED) is 0.655. The van der Waals surface area contributed by atoms with E-state index in [4.69, 9.17) is 4.99 Å². The number of rotatable bonds is 4. The van der Waals surface area contributed by atoms with E-state index in [0.717, 1.165) is 51.2 Å². The van der Waals surface area contributed by atoms with Crippen molar-refractivity contribution in [1.82, 2.24) is 20.2 Å². The van der Waals surface area contributed by atoms with E-state index < -0.39 is 0 Å². The maximum Gasteiger partial charge on any atom is 0.225 e. The van der Waals surface area contributed by atoms with Gasteiger partial charge in [-0.25, -0.2) is 9.97 Å². The summed E-state index contributed by atoms with van der Waals surface area (Å²) in [5.41, 5.74) is 3.01. The summed E-state index contributed by atoms with van der Waals surface area (Å²) in [4.78, 5) is 18.4. The van der Waals surface area contributed by atoms with E-state index in [1.807, 2.05) is 18.5 Å². The molecule has 0 saturated carbocycles. The summed E-state index contributed by atoms with van der Waals surface area (Å²) < 4.78 is 0. The standard InChI is InChI=1S/C22H30N6/c1-2-23-21(26-17-19-9-5-8-18-7-3-4-10-20(18)19)27-13-15-28(16-14-27)22-24-11-6-12-25-22/h3-4,6-7,10-12,19H,2,5,8-9,13-17H2,1H3,(H,23,26). The van der Waals surface area contributed by atoms with E-state index in [9.17, 15) is 0 Å². The van der Waals surface area contributed by atoms with Crippen LogP contribution in [0.4, 0.5) is 5.95 Å². The Labute approximate surface area is 167 Å². The van der Waals surface area contributed by atoms with Gasteiger partial charge in [-0.2, -0.15) is 0 Å². The summed E-state index contributed by atoms with van der Waals surface area (Å²) >= 11 is 0. The van der Waals surface area contributed by atoms with Crippen molar-refractivity contribution in [2.45, 2.75) is 32.1 Å². The Balaban J connectivity index is 1.41. The third kappa shape index (κ3) is 4.26. The number of aryl methyl sites for hydroxylation is 1. The summed E-state index contributed by atoms with van der Waals surface area (Å²) in [6, 6.07) is 10.8. The molecular formula is C22H30N6. The molecule has 1 aromatic carbocycles. The zero-order chi connectivity index (χ0) is 19.2. The molecule has 2 aliphatic rings. The molecule has 6 nitrogen and oxygen atoms in total. The minimum atomic E-state index is 0.539. The largest absolute Gasteiger partial charge is 0.357 e. The normalized spacial score (nSPS) is 20.0. The molecule has 1 aliphatic heterocycles. The molecular weight excluding hydrogens is 348 g/mol. The summed E-state index contributed by atoms with van der Waals surface area (Å²) in [7, 11) is 0. The van der Waals surface area contributed by atoms with Gasteiger partial charge in [0.05, 0.1) is 0 Å². The zero-order valence-electron chi connectivity index (χ0n) is 16.7. The van der Waals surface area contributed by atoms with Crippen LogP contribution in [0.3, 0.4) is 0 Å². The highest BCUT2D eigenvalue weighted by atomic mass is 15.4. The zero-order valence-corrected chi connectivity index (χ0v) is 16.7. The molecule has 2 heterocycles. The van der Waals surface area contributed by atoms with Gasteiger partial charge in [-0.1, -0.05) is 24.3 Å². The lowest BCUT2D eigenvalue weighted by atomic mass is 9.83. The fourth-order valence-corrected chi connectivity index (χ4v) is 4.24. The van der Waals surface area contributed by atoms with E-state index in [1.54, 1.807) is 0 Å². The van der Waals surface area contributed by atoms with Gasteiger partial charge >= 0.3 is 0 Å². The van der Waals surface area contributed by atoms with Crippen molar-refractivity contribution in [1.29, 1.82) is 0 Å². The minimum Gasteiger partial charge on any atom is -0.357 e. The average Bonchev–Trinajstić information content (AvgIpc) is 2.77. The Morgan fingerprint density at radius 1 is 1.11 bits per heavy atom. The first kappa shape index (κ1) is 18.7. The second kappa shape index (κ2) is 9.04. The Bertz CT molecular complexity index is 783. The van der Waals surface area contributed by atoms with Gasteiger partial charge in [0, 0.05) is 57.6 Å². The smallest absolute Gasteiger partial charge is 0.225 e. The molecule has 0 spiro atoms. The third-order valence-electron chi connectivity index (χ3n) is 5.70. The van der Waals surface area contributed by atoms with Gasteiger partial charge < -0.3 is 15.1 Å². The summed E-state index contributed by atoms with van der Waals surface area (Å²) in [5.74, 6) is 2.40. The molecule has 1 aliphatic carbocycles. The van der Waals surface area contributed by atoms with E-state index in [-0.39, 0.29) is 0 Å². The van der Waals surface area contributed by atoms with Gasteiger partial charge in [0.1, 0.15) is 0 Å². The fourth-order valence-electron chi connectivity index (χ4n) is 4.24. The number of aliphatic imine (C=N–C) groups is 1. The van der Waals surface area contributed by atoms with Crippen molar-refractivity contribution in [3.05, 3.63) is 53.9 Å². The second-order valence-corrected chi connectivity index (χ2v) is 7.51. The molecule has 0 radical (unpaired) electrons. The van der Waals surface area contributed by atoms with Gasteiger partial charge in [-0.15, -0.1) is 0 Å². The first-order valence-corrected chi connectivity index (χ1v) is 10.5. The molecule has 0 amide bonds. The molecule has 1 fully saturated rings. The predicted octanol–water partition coefficient (Wildman–Crippen LogP) is 2.68. The third-order valence-corrected chi connectivity index (χ3v) is 5.70. The molecule has 1 saturated heterocycles. The molecule has 28 heavy (non-hydrogen) atoms. The Morgan fingerprint density at radius 2 is 1.89 bits per heavy atom. The Morgan fingerprint density at radius 3 is 2.68 bits per heavy atom. The van der Waals surface area contributed by atoms with E-state index in [1.165, 1.54) is 30.4 Å². The lowest BCUT2D eigenvalue weighted by molar-refractivity contribution is 0.369. The van der Waals surface area contributed by atoms with Gasteiger partial charge in [-0.3, -0.25) is 4.99 Å². The fraction of sp³-hybridized carbons (Fsp3) is 0.500. The predicted molar refractivity (Wildman–Crippen MR) is 114 cm³/mol. The molecule has 1 atom stereocenters. The number of hydrogen-bond acceptors (Lipinski definition) is 4. The van der Waals surface area contributed by atoms with Crippen LogP contribution in [0.1, 0.15) is 36.8 Å². The maximum atomic E-state index is 5.04. The molecule has 6 heteroatoms. The monoisotopic (exact) mass is 378 g/mol. The van der Waals surface area contributed by atoms with Crippen LogP contribution < -0.4 is 10.2 Å². The Kier molecular flexibility index (Phi) is 6.04. The topological polar surface area (TPSA) is 56.7 Å². The van der Waals surface area contributed by atoms with Crippen molar-refractivity contribution in [3.63, 3.8) is 0 Å². The van der Waals surface area contributed by atoms with E-state index in [0.29, 0.717) is 5.92 Å². The lowest BCUT2D eigenvalue weighted by Crippen LogP contribution is -2.53. The number of benzene rings is 1. The number of nitrogens with one attached hydrogen (secondary N) is 1. The van der Waals surface area contributed by atoms with E-state index in [2.05, 4.69) is 56.3 Å². The number of hydrogen-bond donors (Lipinski definition) is 1. The van der Waals surface area contributed by atoms with Crippen LogP contribution in [-0.2, 0) is 6.42 Å². The van der Waals surface area contributed by atoms with Crippen LogP contribution in [0.15, 0.2) is 47.7 Å². The number of guanidine groups is 1. The van der Waals surface area contributed by atoms with Gasteiger partial charge in [0.25, 0.3) is 0 Å². The average molecular weight is 379 g/mol. The summed E-state index contributed by atoms with van der Waals surface area (Å²) in [6.07, 6.45) is 7.33. The molecule has 2 aromatic rings. The maximum absolute atomic E-state index is 5.04. The molecule has 1 N–H and O–H groups in total. The number of nitrogens with zero attached hydrogens (tertiary/aromatic N) is 5. The number of aromatic nitrogens is 2. The van der Waals surface area contributed by atoms with Crippen molar-refractivity contribution >= 4 is 11.9 Å². The SMILES string of the molecule is CCNC(=NCC1CCCc2ccccc21)N1CCN(c2ncccn2)CC1. The van der Waals surface area contributed by atoms with Gasteiger partial charge in [-0.05, 0) is 43.4 Å². The van der Waals surface area contributed by atoms with E-state index >= 15 is 0 Å². The minimum absolute atomic E-state index is 0.539. The van der Waals surface area contributed by atoms with Crippen molar-refractivity contribution in [2.75, 3.05) is 44.2 Å². The van der Waals surface area contributed by atoms with Crippen LogP contribution in [0.5, 0.6) is 0 Å². The molecule has 4 rings (SSSR count). The number of piperazine rings is 1. The molecule has 0 bridgehead atoms. The van der Waals surface area contributed by atoms with Crippen molar-refractivity contribution < 1.29 is 0 Å². The highest BCUT2D eigenvalue weighted by Crippen LogP contribution is 2.31. The van der Waals surface area contributed by atoms with Crippen LogP contribution >= 0.6 is 0 Å². The lowest BCUT2D eigenvalue weighted by Gasteiger charge is -2.36. The van der Waals surface area contributed by atoms with Crippen LogP contribution in [-0.4, -0.2) is 60.1 Å². The number of anilines is 1. The summed E-state index contributed by atoms with van der Waals surface area (Å²) in [6.45, 7) is 7.60. The van der Waals surface area contributed by atoms with Crippen molar-refractivity contribution in [2.24, 2.45) is 4.99 Å². The highest BCUT2D eigenvalue weighted by Gasteiger charge is 2.23. The van der Waals surface area contributed by atoms with Crippen molar-refractivity contribution in [3.8, 4) is 0 Å². The molecule has 1 unspecified atom stereocenters. The molecule has 1 aromatic heterocycles. The molecule has 148 valence electrons. The van der Waals surface area contributed by atoms with Crippen LogP contribution in [0.25, 0.3) is 0 Å². The first-order chi connectivity index (χ1) is 13.8. The van der Waals surface area contributed by atoms with Crippen LogP contribution in [0, 0.1) is 0 Å². The Hall–Kier alpha value is -2.63. The second-order valence-electron chi connectivity index (χ2n) is 7.51.